The highest BCUT2D eigenvalue weighted by Gasteiger charge is 2.10. The second-order valence-electron chi connectivity index (χ2n) is 3.24. The number of hydrazone groups is 1. The smallest absolute Gasteiger partial charge is 0.400 e. The summed E-state index contributed by atoms with van der Waals surface area (Å²) in [5, 5.41) is 14.2. The molecule has 0 aliphatic carbocycles. The minimum atomic E-state index is -0.591. The maximum absolute atomic E-state index is 10.3. The standard InChI is InChI=1S/C9H10N4O3/c14-13(15)9-4-3-7(16-9)6-11-12-8-2-1-5-10-8/h3-4,6H,1-2,5H2,(H,10,12)/b11-6+. The molecule has 0 radical (unpaired) electrons. The van der Waals surface area contributed by atoms with Gasteiger partial charge in [-0.05, 0) is 12.5 Å². The summed E-state index contributed by atoms with van der Waals surface area (Å²) < 4.78 is 4.88. The fourth-order valence-corrected chi connectivity index (χ4v) is 1.31. The van der Waals surface area contributed by atoms with Crippen molar-refractivity contribution in [3.8, 4) is 0 Å². The largest absolute Gasteiger partial charge is 0.433 e. The number of nitro groups is 1. The predicted octanol–water partition coefficient (Wildman–Crippen LogP) is 1.30. The zero-order valence-electron chi connectivity index (χ0n) is 8.42. The molecule has 0 unspecified atom stereocenters. The molecular formula is C9H10N4O3. The first-order chi connectivity index (χ1) is 7.75. The van der Waals surface area contributed by atoms with Gasteiger partial charge in [-0.2, -0.15) is 5.10 Å². The summed E-state index contributed by atoms with van der Waals surface area (Å²) in [4.78, 5) is 13.9. The number of aliphatic imine (C=N–C) groups is 1. The van der Waals surface area contributed by atoms with Gasteiger partial charge in [0, 0.05) is 13.0 Å². The molecule has 0 bridgehead atoms. The van der Waals surface area contributed by atoms with E-state index < -0.39 is 4.92 Å². The summed E-state index contributed by atoms with van der Waals surface area (Å²) in [6, 6.07) is 2.77. The lowest BCUT2D eigenvalue weighted by atomic mass is 10.3. The normalized spacial score (nSPS) is 15.4. The van der Waals surface area contributed by atoms with Gasteiger partial charge in [0.05, 0.1) is 12.3 Å². The second-order valence-corrected chi connectivity index (χ2v) is 3.24. The topological polar surface area (TPSA) is 93.0 Å². The van der Waals surface area contributed by atoms with Crippen LogP contribution in [-0.2, 0) is 0 Å². The van der Waals surface area contributed by atoms with Crippen LogP contribution in [0.5, 0.6) is 0 Å². The Hall–Kier alpha value is -2.18. The minimum Gasteiger partial charge on any atom is -0.400 e. The minimum absolute atomic E-state index is 0.292. The molecule has 2 heterocycles. The summed E-state index contributed by atoms with van der Waals surface area (Å²) in [6.07, 6.45) is 3.30. The van der Waals surface area contributed by atoms with Crippen molar-refractivity contribution in [1.29, 1.82) is 0 Å². The van der Waals surface area contributed by atoms with Gasteiger partial charge in [-0.25, -0.2) is 0 Å². The Morgan fingerprint density at radius 1 is 1.62 bits per heavy atom. The number of hydrogen-bond acceptors (Lipinski definition) is 6. The van der Waals surface area contributed by atoms with Gasteiger partial charge in [0.1, 0.15) is 10.8 Å². The Kier molecular flexibility index (Phi) is 2.95. The van der Waals surface area contributed by atoms with E-state index in [1.807, 2.05) is 0 Å². The molecular weight excluding hydrogens is 212 g/mol. The van der Waals surface area contributed by atoms with E-state index in [1.165, 1.54) is 18.3 Å². The molecule has 1 aliphatic heterocycles. The molecule has 2 rings (SSSR count). The Morgan fingerprint density at radius 2 is 2.50 bits per heavy atom. The van der Waals surface area contributed by atoms with Crippen molar-refractivity contribution in [2.24, 2.45) is 10.1 Å². The van der Waals surface area contributed by atoms with E-state index in [0.717, 1.165) is 25.2 Å². The molecule has 0 fully saturated rings. The van der Waals surface area contributed by atoms with E-state index in [0.29, 0.717) is 5.76 Å². The van der Waals surface area contributed by atoms with Gasteiger partial charge in [-0.15, -0.1) is 0 Å². The maximum Gasteiger partial charge on any atom is 0.433 e. The summed E-state index contributed by atoms with van der Waals surface area (Å²) in [7, 11) is 0. The van der Waals surface area contributed by atoms with Crippen LogP contribution >= 0.6 is 0 Å². The van der Waals surface area contributed by atoms with Gasteiger partial charge >= 0.3 is 5.88 Å². The van der Waals surface area contributed by atoms with Crippen LogP contribution in [0.15, 0.2) is 26.6 Å². The number of furan rings is 1. The Bertz CT molecular complexity index is 449. The van der Waals surface area contributed by atoms with Crippen molar-refractivity contribution < 1.29 is 9.34 Å². The number of nitrogens with one attached hydrogen (secondary N) is 1. The number of rotatable bonds is 3. The van der Waals surface area contributed by atoms with Gasteiger partial charge in [0.15, 0.2) is 5.76 Å². The Labute approximate surface area is 91.0 Å². The third-order valence-corrected chi connectivity index (χ3v) is 2.05. The maximum atomic E-state index is 10.3. The van der Waals surface area contributed by atoms with Crippen LogP contribution in [0.2, 0.25) is 0 Å². The van der Waals surface area contributed by atoms with Crippen LogP contribution < -0.4 is 5.43 Å². The van der Waals surface area contributed by atoms with Gasteiger partial charge in [-0.1, -0.05) is 0 Å². The third kappa shape index (κ3) is 2.44. The fraction of sp³-hybridized carbons (Fsp3) is 0.333. The first kappa shape index (κ1) is 10.3. The molecule has 16 heavy (non-hydrogen) atoms. The molecule has 0 spiro atoms. The molecule has 0 aromatic carbocycles. The fourth-order valence-electron chi connectivity index (χ4n) is 1.31. The highest BCUT2D eigenvalue weighted by molar-refractivity contribution is 5.85. The highest BCUT2D eigenvalue weighted by atomic mass is 16.6. The lowest BCUT2D eigenvalue weighted by Crippen LogP contribution is -2.14. The lowest BCUT2D eigenvalue weighted by molar-refractivity contribution is -0.402. The number of nitrogens with zero attached hydrogens (tertiary/aromatic N) is 3. The van der Waals surface area contributed by atoms with Crippen LogP contribution in [0.1, 0.15) is 18.6 Å². The quantitative estimate of drug-likeness (QED) is 0.474. The first-order valence-electron chi connectivity index (χ1n) is 4.82. The molecule has 0 amide bonds. The molecule has 1 N–H and O–H groups in total. The molecule has 1 aliphatic rings. The summed E-state index contributed by atoms with van der Waals surface area (Å²) in [6.45, 7) is 0.823. The summed E-state index contributed by atoms with van der Waals surface area (Å²) in [5.74, 6) is 0.870. The monoisotopic (exact) mass is 222 g/mol. The molecule has 0 saturated heterocycles. The van der Waals surface area contributed by atoms with Crippen molar-refractivity contribution >= 4 is 17.9 Å². The molecule has 0 atom stereocenters. The van der Waals surface area contributed by atoms with Gasteiger partial charge in [0.2, 0.25) is 0 Å². The van der Waals surface area contributed by atoms with Crippen molar-refractivity contribution in [1.82, 2.24) is 5.43 Å². The SMILES string of the molecule is O=[N+]([O-])c1ccc(/C=N/NC2=NCCC2)o1. The third-order valence-electron chi connectivity index (χ3n) is 2.05. The van der Waals surface area contributed by atoms with Crippen LogP contribution in [0.4, 0.5) is 5.88 Å². The van der Waals surface area contributed by atoms with Crippen LogP contribution in [0.3, 0.4) is 0 Å². The molecule has 84 valence electrons. The molecule has 0 saturated carbocycles. The van der Waals surface area contributed by atoms with E-state index in [9.17, 15) is 10.1 Å². The van der Waals surface area contributed by atoms with Crippen LogP contribution in [0, 0.1) is 10.1 Å². The molecule has 7 heteroatoms. The Morgan fingerprint density at radius 3 is 3.12 bits per heavy atom. The van der Waals surface area contributed by atoms with Crippen molar-refractivity contribution in [2.75, 3.05) is 6.54 Å². The number of amidine groups is 1. The van der Waals surface area contributed by atoms with Crippen molar-refractivity contribution in [3.63, 3.8) is 0 Å². The molecule has 1 aromatic rings. The van der Waals surface area contributed by atoms with E-state index >= 15 is 0 Å². The molecule has 1 aromatic heterocycles. The Balaban J connectivity index is 1.92. The lowest BCUT2D eigenvalue weighted by Gasteiger charge is -1.95. The van der Waals surface area contributed by atoms with Gasteiger partial charge < -0.3 is 4.42 Å². The van der Waals surface area contributed by atoms with Crippen LogP contribution in [-0.4, -0.2) is 23.5 Å². The average Bonchev–Trinajstić information content (AvgIpc) is 2.87. The average molecular weight is 222 g/mol. The first-order valence-corrected chi connectivity index (χ1v) is 4.82. The second kappa shape index (κ2) is 4.56. The van der Waals surface area contributed by atoms with Crippen LogP contribution in [0.25, 0.3) is 0 Å². The van der Waals surface area contributed by atoms with E-state index in [1.54, 1.807) is 0 Å². The van der Waals surface area contributed by atoms with E-state index in [2.05, 4.69) is 15.5 Å². The van der Waals surface area contributed by atoms with Gasteiger partial charge in [0.25, 0.3) is 0 Å². The van der Waals surface area contributed by atoms with E-state index in [-0.39, 0.29) is 5.88 Å². The van der Waals surface area contributed by atoms with Crippen molar-refractivity contribution in [2.45, 2.75) is 12.8 Å². The predicted molar refractivity (Wildman–Crippen MR) is 57.6 cm³/mol. The van der Waals surface area contributed by atoms with E-state index in [4.69, 9.17) is 4.42 Å². The zero-order chi connectivity index (χ0) is 11.4. The summed E-state index contributed by atoms with van der Waals surface area (Å²) >= 11 is 0. The number of hydrogen-bond donors (Lipinski definition) is 1. The summed E-state index contributed by atoms with van der Waals surface area (Å²) in [5.41, 5.74) is 2.76. The molecule has 7 nitrogen and oxygen atoms in total. The van der Waals surface area contributed by atoms with Crippen molar-refractivity contribution in [3.05, 3.63) is 28.0 Å². The highest BCUT2D eigenvalue weighted by Crippen LogP contribution is 2.13. The van der Waals surface area contributed by atoms with Gasteiger partial charge in [-0.3, -0.25) is 20.5 Å². The zero-order valence-corrected chi connectivity index (χ0v) is 8.42.